The Labute approximate surface area is 255 Å². The molecule has 0 saturated carbocycles. The van der Waals surface area contributed by atoms with Gasteiger partial charge in [0.05, 0.1) is 23.4 Å². The molecule has 6 rings (SSSR count). The smallest absolute Gasteiger partial charge is 0.336 e. The zero-order valence-corrected chi connectivity index (χ0v) is 25.5. The zero-order chi connectivity index (χ0) is 30.4. The first-order valence-electron chi connectivity index (χ1n) is 14.4. The number of carbonyl (C=O) groups is 2. The number of fused-ring (bicyclic) bond motifs is 1. The number of aryl methyl sites for hydroxylation is 1. The highest BCUT2D eigenvalue weighted by Gasteiger charge is 2.57. The van der Waals surface area contributed by atoms with E-state index in [0.717, 1.165) is 50.2 Å². The molecule has 3 aromatic carbocycles. The Bertz CT molecular complexity index is 1710. The van der Waals surface area contributed by atoms with Gasteiger partial charge in [0.2, 0.25) is 4.87 Å². The summed E-state index contributed by atoms with van der Waals surface area (Å²) in [7, 11) is 0. The number of nitrogens with one attached hydrogen (secondary N) is 2. The number of amides is 1. The lowest BCUT2D eigenvalue weighted by atomic mass is 9.95. The van der Waals surface area contributed by atoms with Crippen molar-refractivity contribution in [3.63, 3.8) is 0 Å². The van der Waals surface area contributed by atoms with E-state index in [1.807, 2.05) is 67.7 Å². The summed E-state index contributed by atoms with van der Waals surface area (Å²) >= 11 is 1.19. The number of benzene rings is 3. The summed E-state index contributed by atoms with van der Waals surface area (Å²) in [6.45, 7) is 8.31. The van der Waals surface area contributed by atoms with Crippen LogP contribution < -0.4 is 15.4 Å². The predicted molar refractivity (Wildman–Crippen MR) is 169 cm³/mol. The number of rotatable bonds is 8. The first-order chi connectivity index (χ1) is 20.6. The molecule has 2 aliphatic heterocycles. The van der Waals surface area contributed by atoms with Gasteiger partial charge >= 0.3 is 5.97 Å². The first kappa shape index (κ1) is 29.0. The quantitative estimate of drug-likeness (QED) is 0.227. The summed E-state index contributed by atoms with van der Waals surface area (Å²) in [4.78, 5) is 30.9. The van der Waals surface area contributed by atoms with Gasteiger partial charge in [-0.25, -0.2) is 4.79 Å². The van der Waals surface area contributed by atoms with E-state index in [4.69, 9.17) is 14.5 Å². The number of anilines is 1. The largest absolute Gasteiger partial charge is 0.493 e. The van der Waals surface area contributed by atoms with Crippen molar-refractivity contribution in [1.29, 1.82) is 0 Å². The lowest BCUT2D eigenvalue weighted by molar-refractivity contribution is -0.165. The van der Waals surface area contributed by atoms with Crippen molar-refractivity contribution in [2.24, 2.45) is 0 Å². The summed E-state index contributed by atoms with van der Waals surface area (Å²) < 4.78 is 12.1. The summed E-state index contributed by atoms with van der Waals surface area (Å²) in [6, 6.07) is 19.8. The monoisotopic (exact) mass is 597 g/mol. The Morgan fingerprint density at radius 3 is 2.67 bits per heavy atom. The van der Waals surface area contributed by atoms with Gasteiger partial charge in [0.1, 0.15) is 5.75 Å². The van der Waals surface area contributed by atoms with Crippen LogP contribution in [-0.4, -0.2) is 51.7 Å². The normalized spacial score (nSPS) is 18.0. The van der Waals surface area contributed by atoms with Gasteiger partial charge in [0, 0.05) is 35.0 Å². The molecule has 1 aromatic heterocycles. The molecule has 8 nitrogen and oxygen atoms in total. The minimum Gasteiger partial charge on any atom is -0.493 e. The van der Waals surface area contributed by atoms with Crippen molar-refractivity contribution in [3.8, 4) is 16.9 Å². The minimum atomic E-state index is -1.66. The Kier molecular flexibility index (Phi) is 7.56. The third-order valence-corrected chi connectivity index (χ3v) is 9.09. The topological polar surface area (TPSA) is 110 Å². The van der Waals surface area contributed by atoms with Crippen molar-refractivity contribution < 1.29 is 24.2 Å². The number of pyridine rings is 1. The molecular weight excluding hydrogens is 562 g/mol. The maximum absolute atomic E-state index is 14.2. The molecule has 4 aromatic rings. The number of hydrogen-bond donors (Lipinski definition) is 3. The Morgan fingerprint density at radius 1 is 1.14 bits per heavy atom. The molecule has 1 amide bonds. The second-order valence-corrected chi connectivity index (χ2v) is 13.3. The van der Waals surface area contributed by atoms with Gasteiger partial charge in [-0.15, -0.1) is 0 Å². The fourth-order valence-electron chi connectivity index (χ4n) is 5.78. The zero-order valence-electron chi connectivity index (χ0n) is 24.7. The van der Waals surface area contributed by atoms with Crippen molar-refractivity contribution >= 4 is 40.2 Å². The number of thioether (sulfide) groups is 1. The van der Waals surface area contributed by atoms with E-state index >= 15 is 0 Å². The molecule has 9 heteroatoms. The number of aromatic nitrogens is 1. The van der Waals surface area contributed by atoms with Crippen LogP contribution in [0, 0.1) is 6.92 Å². The van der Waals surface area contributed by atoms with E-state index < -0.39 is 28.5 Å². The number of carbonyl (C=O) groups excluding carboxylic acids is 1. The van der Waals surface area contributed by atoms with Crippen LogP contribution in [0.25, 0.3) is 22.0 Å². The van der Waals surface area contributed by atoms with Crippen LogP contribution in [0.2, 0.25) is 0 Å². The van der Waals surface area contributed by atoms with E-state index in [-0.39, 0.29) is 0 Å². The van der Waals surface area contributed by atoms with E-state index in [1.165, 1.54) is 17.3 Å². The minimum absolute atomic E-state index is 0.343. The number of nitrogens with zero attached hydrogens (tertiary/aromatic N) is 1. The number of aliphatic carboxylic acids is 1. The molecule has 3 heterocycles. The van der Waals surface area contributed by atoms with Crippen LogP contribution in [0.15, 0.2) is 71.8 Å². The molecule has 0 aliphatic carbocycles. The molecule has 0 saturated heterocycles. The van der Waals surface area contributed by atoms with Crippen LogP contribution in [0.4, 0.5) is 5.69 Å². The van der Waals surface area contributed by atoms with Gasteiger partial charge in [0.15, 0.2) is 6.10 Å². The lowest BCUT2D eigenvalue weighted by Crippen LogP contribution is -2.61. The third kappa shape index (κ3) is 5.55. The molecular formula is C34H35N3O5S. The van der Waals surface area contributed by atoms with Crippen LogP contribution in [0.3, 0.4) is 0 Å². The molecule has 0 spiro atoms. The van der Waals surface area contributed by atoms with E-state index in [0.29, 0.717) is 25.3 Å². The molecule has 2 atom stereocenters. The van der Waals surface area contributed by atoms with Gasteiger partial charge in [-0.2, -0.15) is 0 Å². The maximum atomic E-state index is 14.2. The number of ether oxygens (including phenoxy) is 2. The van der Waals surface area contributed by atoms with Crippen molar-refractivity contribution in [2.45, 2.75) is 62.0 Å². The second-order valence-electron chi connectivity index (χ2n) is 12.0. The molecule has 43 heavy (non-hydrogen) atoms. The van der Waals surface area contributed by atoms with Crippen LogP contribution in [-0.2, 0) is 27.2 Å². The second kappa shape index (κ2) is 11.2. The highest BCUT2D eigenvalue weighted by molar-refractivity contribution is 8.02. The summed E-state index contributed by atoms with van der Waals surface area (Å²) in [5.41, 5.74) is 5.65. The maximum Gasteiger partial charge on any atom is 0.336 e. The van der Waals surface area contributed by atoms with Crippen LogP contribution in [0.5, 0.6) is 5.75 Å². The van der Waals surface area contributed by atoms with Crippen molar-refractivity contribution in [3.05, 3.63) is 83.6 Å². The molecule has 0 unspecified atom stereocenters. The van der Waals surface area contributed by atoms with E-state index in [9.17, 15) is 14.7 Å². The number of hydrogen-bond acceptors (Lipinski definition) is 7. The standard InChI is InChI=1S/C34H35N3O5S/c1-20-18-24(23-10-11-26-27-22(14-17-41-26)13-16-35-28(23)27)29-25(19-20)37-34(43-29,30(31(38)39)42-33(2,3)4)32(40)36-15-12-21-8-6-5-7-9-21/h5-11,13,16,18-19,30,37H,12,14-15,17H2,1-4H3,(H,36,40)(H,38,39)/t30-,34-/m0/s1. The Balaban J connectivity index is 1.44. The van der Waals surface area contributed by atoms with Gasteiger partial charge < -0.3 is 25.2 Å². The molecule has 0 bridgehead atoms. The molecule has 2 aliphatic rings. The van der Waals surface area contributed by atoms with Crippen LogP contribution >= 0.6 is 11.8 Å². The summed E-state index contributed by atoms with van der Waals surface area (Å²) in [5, 5.41) is 17.8. The molecule has 0 fully saturated rings. The third-order valence-electron chi connectivity index (χ3n) is 7.62. The first-order valence-corrected chi connectivity index (χ1v) is 15.3. The fourth-order valence-corrected chi connectivity index (χ4v) is 7.18. The number of carboxylic acid groups (broad SMARTS) is 1. The summed E-state index contributed by atoms with van der Waals surface area (Å²) in [5.74, 6) is -0.868. The average Bonchev–Trinajstić information content (AvgIpc) is 3.36. The SMILES string of the molecule is Cc1cc2c(c(-c3ccc4c5c(ccnc35)CCO4)c1)S[C@](C(=O)NCCc1ccccc1)([C@@H](OC(C)(C)C)C(=O)O)N2. The molecule has 3 N–H and O–H groups in total. The van der Waals surface area contributed by atoms with E-state index in [1.54, 1.807) is 20.8 Å². The van der Waals surface area contributed by atoms with Crippen molar-refractivity contribution in [1.82, 2.24) is 10.3 Å². The van der Waals surface area contributed by atoms with Gasteiger partial charge in [-0.3, -0.25) is 9.78 Å². The van der Waals surface area contributed by atoms with Gasteiger partial charge in [0.25, 0.3) is 5.91 Å². The van der Waals surface area contributed by atoms with E-state index in [2.05, 4.69) is 16.7 Å². The Hall–Kier alpha value is -4.08. The lowest BCUT2D eigenvalue weighted by Gasteiger charge is -2.36. The fraction of sp³-hybridized carbons (Fsp3) is 0.324. The van der Waals surface area contributed by atoms with Gasteiger partial charge in [-0.05, 0) is 80.6 Å². The predicted octanol–water partition coefficient (Wildman–Crippen LogP) is 5.99. The molecule has 222 valence electrons. The number of carboxylic acids is 1. The highest BCUT2D eigenvalue weighted by Crippen LogP contribution is 2.54. The Morgan fingerprint density at radius 2 is 1.93 bits per heavy atom. The van der Waals surface area contributed by atoms with Gasteiger partial charge in [-0.1, -0.05) is 48.2 Å². The van der Waals surface area contributed by atoms with Crippen molar-refractivity contribution in [2.75, 3.05) is 18.5 Å². The summed E-state index contributed by atoms with van der Waals surface area (Å²) in [6.07, 6.45) is 1.74. The van der Waals surface area contributed by atoms with Crippen LogP contribution in [0.1, 0.15) is 37.5 Å². The highest BCUT2D eigenvalue weighted by atomic mass is 32.2. The average molecular weight is 598 g/mol. The molecule has 0 radical (unpaired) electrons.